The molecular weight excluding hydrogens is 223 g/mol. The zero-order valence-electron chi connectivity index (χ0n) is 8.09. The quantitative estimate of drug-likeness (QED) is 0.585. The van der Waals surface area contributed by atoms with Gasteiger partial charge in [0.05, 0.1) is 0 Å². The normalized spacial score (nSPS) is 14.9. The monoisotopic (exact) mass is 234 g/mol. The lowest BCUT2D eigenvalue weighted by Gasteiger charge is -2.23. The van der Waals surface area contributed by atoms with Gasteiger partial charge >= 0.3 is 0 Å². The Kier molecular flexibility index (Phi) is 4.05. The minimum absolute atomic E-state index is 0.494. The predicted octanol–water partition coefficient (Wildman–Crippen LogP) is 3.67. The van der Waals surface area contributed by atoms with Gasteiger partial charge in [0.15, 0.2) is 0 Å². The lowest BCUT2D eigenvalue weighted by Crippen LogP contribution is -2.28. The summed E-state index contributed by atoms with van der Waals surface area (Å²) >= 11 is 11.7. The van der Waals surface area contributed by atoms with Crippen LogP contribution in [0.1, 0.15) is 13.8 Å². The van der Waals surface area contributed by atoms with Crippen molar-refractivity contribution in [2.75, 3.05) is 6.61 Å². The summed E-state index contributed by atoms with van der Waals surface area (Å²) in [6.45, 7) is 3.99. The number of alkyl halides is 1. The van der Waals surface area contributed by atoms with Gasteiger partial charge in [0, 0.05) is 18.6 Å². The number of hydrogen-bond acceptors (Lipinski definition) is 2. The summed E-state index contributed by atoms with van der Waals surface area (Å²) in [6, 6.07) is 6.94. The first-order valence-corrected chi connectivity index (χ1v) is 5.06. The molecule has 2 nitrogen and oxygen atoms in total. The average Bonchev–Trinajstić information content (AvgIpc) is 2.08. The number of benzene rings is 1. The first-order valence-electron chi connectivity index (χ1n) is 4.31. The van der Waals surface area contributed by atoms with E-state index >= 15 is 0 Å². The summed E-state index contributed by atoms with van der Waals surface area (Å²) in [4.78, 5) is 0. The highest BCUT2D eigenvalue weighted by molar-refractivity contribution is 6.30. The molecule has 0 aliphatic rings. The van der Waals surface area contributed by atoms with E-state index in [1.165, 1.54) is 0 Å². The number of hydrogen-bond donors (Lipinski definition) is 0. The van der Waals surface area contributed by atoms with Crippen molar-refractivity contribution in [3.8, 4) is 5.75 Å². The van der Waals surface area contributed by atoms with Crippen molar-refractivity contribution in [2.45, 2.75) is 19.1 Å². The van der Waals surface area contributed by atoms with Crippen molar-refractivity contribution in [1.29, 1.82) is 0 Å². The Balaban J connectivity index is 2.64. The Hall–Kier alpha value is -0.440. The molecule has 0 radical (unpaired) electrons. The third-order valence-electron chi connectivity index (χ3n) is 1.52. The van der Waals surface area contributed by atoms with Crippen LogP contribution < -0.4 is 4.74 Å². The molecule has 0 aromatic heterocycles. The fraction of sp³-hybridized carbons (Fsp3) is 0.400. The molecule has 1 aromatic carbocycles. The van der Waals surface area contributed by atoms with E-state index in [0.29, 0.717) is 17.4 Å². The van der Waals surface area contributed by atoms with Gasteiger partial charge in [-0.05, 0) is 42.8 Å². The zero-order valence-corrected chi connectivity index (χ0v) is 9.60. The van der Waals surface area contributed by atoms with Gasteiger partial charge in [-0.1, -0.05) is 11.6 Å². The van der Waals surface area contributed by atoms with E-state index < -0.39 is 5.25 Å². The van der Waals surface area contributed by atoms with Crippen molar-refractivity contribution < 1.29 is 9.47 Å². The molecule has 14 heavy (non-hydrogen) atoms. The molecule has 1 unspecified atom stereocenters. The summed E-state index contributed by atoms with van der Waals surface area (Å²) in [5.74, 6) is 0.625. The van der Waals surface area contributed by atoms with E-state index in [1.54, 1.807) is 31.2 Å². The van der Waals surface area contributed by atoms with E-state index in [4.69, 9.17) is 32.7 Å². The van der Waals surface area contributed by atoms with Gasteiger partial charge in [0.1, 0.15) is 5.75 Å². The van der Waals surface area contributed by atoms with Crippen molar-refractivity contribution in [2.24, 2.45) is 0 Å². The van der Waals surface area contributed by atoms with Crippen LogP contribution in [0.15, 0.2) is 24.3 Å². The fourth-order valence-electron chi connectivity index (χ4n) is 1.00. The second kappa shape index (κ2) is 4.87. The molecule has 0 saturated carbocycles. The average molecular weight is 235 g/mol. The minimum atomic E-state index is -1.12. The fourth-order valence-corrected chi connectivity index (χ4v) is 1.32. The van der Waals surface area contributed by atoms with Gasteiger partial charge in [-0.3, -0.25) is 0 Å². The van der Waals surface area contributed by atoms with Gasteiger partial charge in [-0.15, -0.1) is 0 Å². The molecule has 0 aliphatic heterocycles. The first kappa shape index (κ1) is 11.6. The summed E-state index contributed by atoms with van der Waals surface area (Å²) in [5, 5.41) is -0.465. The number of ether oxygens (including phenoxy) is 2. The van der Waals surface area contributed by atoms with Crippen LogP contribution in [-0.2, 0) is 4.74 Å². The molecule has 0 fully saturated rings. The highest BCUT2D eigenvalue weighted by atomic mass is 35.5. The Morgan fingerprint density at radius 3 is 2.36 bits per heavy atom. The molecule has 0 spiro atoms. The molecule has 78 valence electrons. The third kappa shape index (κ3) is 3.74. The lowest BCUT2D eigenvalue weighted by molar-refractivity contribution is -0.0996. The van der Waals surface area contributed by atoms with Crippen molar-refractivity contribution >= 4 is 23.2 Å². The van der Waals surface area contributed by atoms with Crippen LogP contribution in [0.25, 0.3) is 0 Å². The number of halogens is 2. The molecule has 4 heteroatoms. The minimum Gasteiger partial charge on any atom is -0.449 e. The maximum Gasteiger partial charge on any atom is 0.287 e. The summed E-state index contributed by atoms with van der Waals surface area (Å²) in [6.07, 6.45) is 0. The molecule has 0 bridgehead atoms. The summed E-state index contributed by atoms with van der Waals surface area (Å²) in [5.41, 5.74) is 0. The first-order chi connectivity index (χ1) is 6.53. The molecular formula is C10H12Cl2O2. The standard InChI is InChI=1S/C10H12Cl2O2/c1-3-13-10(2,12)14-9-6-4-8(11)5-7-9/h4-7H,3H2,1-2H3. The summed E-state index contributed by atoms with van der Waals surface area (Å²) in [7, 11) is 0. The zero-order chi connectivity index (χ0) is 10.6. The van der Waals surface area contributed by atoms with E-state index in [0.717, 1.165) is 0 Å². The smallest absolute Gasteiger partial charge is 0.287 e. The third-order valence-corrected chi connectivity index (χ3v) is 1.95. The Morgan fingerprint density at radius 2 is 1.86 bits per heavy atom. The molecule has 0 aliphatic carbocycles. The highest BCUT2D eigenvalue weighted by Crippen LogP contribution is 2.24. The van der Waals surface area contributed by atoms with Gasteiger partial charge in [-0.2, -0.15) is 0 Å². The van der Waals surface area contributed by atoms with E-state index in [2.05, 4.69) is 0 Å². The van der Waals surface area contributed by atoms with E-state index in [9.17, 15) is 0 Å². The molecule has 0 heterocycles. The molecule has 1 atom stereocenters. The molecule has 1 aromatic rings. The maximum absolute atomic E-state index is 5.93. The Morgan fingerprint density at radius 1 is 1.29 bits per heavy atom. The van der Waals surface area contributed by atoms with Crippen LogP contribution in [-0.4, -0.2) is 11.9 Å². The van der Waals surface area contributed by atoms with E-state index in [1.807, 2.05) is 6.92 Å². The van der Waals surface area contributed by atoms with Crippen LogP contribution in [0.5, 0.6) is 5.75 Å². The largest absolute Gasteiger partial charge is 0.449 e. The lowest BCUT2D eigenvalue weighted by atomic mass is 10.3. The summed E-state index contributed by atoms with van der Waals surface area (Å²) < 4.78 is 10.6. The molecule has 0 amide bonds. The SMILES string of the molecule is CCOC(C)(Cl)Oc1ccc(Cl)cc1. The molecule has 1 rings (SSSR count). The van der Waals surface area contributed by atoms with E-state index in [-0.39, 0.29) is 0 Å². The van der Waals surface area contributed by atoms with Crippen molar-refractivity contribution in [3.63, 3.8) is 0 Å². The molecule has 0 N–H and O–H groups in total. The van der Waals surface area contributed by atoms with Crippen LogP contribution in [0, 0.1) is 0 Å². The van der Waals surface area contributed by atoms with Crippen molar-refractivity contribution in [1.82, 2.24) is 0 Å². The van der Waals surface area contributed by atoms with Gasteiger partial charge in [-0.25, -0.2) is 0 Å². The number of rotatable bonds is 4. The topological polar surface area (TPSA) is 18.5 Å². The van der Waals surface area contributed by atoms with Gasteiger partial charge < -0.3 is 9.47 Å². The van der Waals surface area contributed by atoms with Crippen LogP contribution >= 0.6 is 23.2 Å². The van der Waals surface area contributed by atoms with Crippen LogP contribution in [0.2, 0.25) is 5.02 Å². The highest BCUT2D eigenvalue weighted by Gasteiger charge is 2.22. The van der Waals surface area contributed by atoms with Crippen molar-refractivity contribution in [3.05, 3.63) is 29.3 Å². The van der Waals surface area contributed by atoms with Gasteiger partial charge in [0.25, 0.3) is 5.25 Å². The molecule has 0 saturated heterocycles. The van der Waals surface area contributed by atoms with Gasteiger partial charge in [0.2, 0.25) is 0 Å². The van der Waals surface area contributed by atoms with Crippen LogP contribution in [0.4, 0.5) is 0 Å². The Bertz CT molecular complexity index is 283. The van der Waals surface area contributed by atoms with Crippen LogP contribution in [0.3, 0.4) is 0 Å². The predicted molar refractivity (Wildman–Crippen MR) is 58.0 cm³/mol. The Labute approximate surface area is 93.7 Å². The maximum atomic E-state index is 5.93. The second-order valence-electron chi connectivity index (χ2n) is 2.82. The second-order valence-corrected chi connectivity index (χ2v) is 3.95.